The van der Waals surface area contributed by atoms with Crippen molar-refractivity contribution in [3.8, 4) is 17.3 Å². The number of nitriles is 1. The summed E-state index contributed by atoms with van der Waals surface area (Å²) in [7, 11) is 0. The van der Waals surface area contributed by atoms with Crippen LogP contribution >= 0.6 is 27.3 Å². The van der Waals surface area contributed by atoms with E-state index in [2.05, 4.69) is 27.0 Å². The van der Waals surface area contributed by atoms with Crippen LogP contribution in [0.25, 0.3) is 11.3 Å². The van der Waals surface area contributed by atoms with Crippen LogP contribution in [0.1, 0.15) is 15.4 Å². The minimum Gasteiger partial charge on any atom is -0.295 e. The number of hydrogen-bond acceptors (Lipinski definition) is 4. The number of rotatable bonds is 2. The van der Waals surface area contributed by atoms with Crippen LogP contribution in [0.3, 0.4) is 0 Å². The first kappa shape index (κ1) is 11.0. The molecule has 0 saturated heterocycles. The standard InChI is InChI=1S/C11H5BrN2OS/c12-11-10(14-9(6-15)16-11)8-3-1-7(5-13)2-4-8/h1-4,6H. The van der Waals surface area contributed by atoms with Gasteiger partial charge in [0, 0.05) is 5.56 Å². The van der Waals surface area contributed by atoms with Gasteiger partial charge in [0.15, 0.2) is 11.3 Å². The molecule has 0 unspecified atom stereocenters. The summed E-state index contributed by atoms with van der Waals surface area (Å²) in [5, 5.41) is 9.11. The van der Waals surface area contributed by atoms with E-state index in [1.54, 1.807) is 12.1 Å². The molecule has 0 amide bonds. The third kappa shape index (κ3) is 2.03. The zero-order valence-electron chi connectivity index (χ0n) is 7.98. The molecular weight excluding hydrogens is 288 g/mol. The number of nitrogens with zero attached hydrogens (tertiary/aromatic N) is 2. The lowest BCUT2D eigenvalue weighted by Crippen LogP contribution is -1.81. The zero-order valence-corrected chi connectivity index (χ0v) is 10.4. The largest absolute Gasteiger partial charge is 0.295 e. The molecule has 0 aliphatic rings. The van der Waals surface area contributed by atoms with Crippen molar-refractivity contribution in [3.05, 3.63) is 38.6 Å². The number of hydrogen-bond donors (Lipinski definition) is 0. The summed E-state index contributed by atoms with van der Waals surface area (Å²) in [6.07, 6.45) is 0.725. The second-order valence-electron chi connectivity index (χ2n) is 2.98. The fourth-order valence-electron chi connectivity index (χ4n) is 1.25. The summed E-state index contributed by atoms with van der Waals surface area (Å²) < 4.78 is 0.819. The van der Waals surface area contributed by atoms with Crippen LogP contribution in [-0.4, -0.2) is 11.3 Å². The molecule has 0 aliphatic heterocycles. The predicted molar refractivity (Wildman–Crippen MR) is 65.4 cm³/mol. The highest BCUT2D eigenvalue weighted by Gasteiger charge is 2.10. The molecule has 1 heterocycles. The molecular formula is C11H5BrN2OS. The molecule has 0 N–H and O–H groups in total. The topological polar surface area (TPSA) is 53.8 Å². The number of carbonyl (C=O) groups is 1. The molecule has 5 heteroatoms. The Labute approximate surface area is 105 Å². The highest BCUT2D eigenvalue weighted by molar-refractivity contribution is 9.11. The van der Waals surface area contributed by atoms with Crippen LogP contribution in [0.15, 0.2) is 28.1 Å². The summed E-state index contributed by atoms with van der Waals surface area (Å²) in [6.45, 7) is 0. The molecule has 2 aromatic rings. The molecule has 0 saturated carbocycles. The first-order chi connectivity index (χ1) is 7.74. The van der Waals surface area contributed by atoms with Gasteiger partial charge in [-0.1, -0.05) is 12.1 Å². The van der Waals surface area contributed by atoms with Crippen molar-refractivity contribution in [2.45, 2.75) is 0 Å². The Hall–Kier alpha value is -1.51. The van der Waals surface area contributed by atoms with Crippen molar-refractivity contribution in [2.75, 3.05) is 0 Å². The van der Waals surface area contributed by atoms with Gasteiger partial charge < -0.3 is 0 Å². The SMILES string of the molecule is N#Cc1ccc(-c2nc(C=O)sc2Br)cc1. The Morgan fingerprint density at radius 3 is 2.56 bits per heavy atom. The zero-order chi connectivity index (χ0) is 11.5. The number of benzene rings is 1. The van der Waals surface area contributed by atoms with E-state index in [1.165, 1.54) is 11.3 Å². The van der Waals surface area contributed by atoms with E-state index in [4.69, 9.17) is 5.26 Å². The van der Waals surface area contributed by atoms with Crippen molar-refractivity contribution in [1.29, 1.82) is 5.26 Å². The summed E-state index contributed by atoms with van der Waals surface area (Å²) >= 11 is 4.65. The van der Waals surface area contributed by atoms with Gasteiger partial charge in [-0.15, -0.1) is 11.3 Å². The third-order valence-corrected chi connectivity index (χ3v) is 3.62. The van der Waals surface area contributed by atoms with Crippen molar-refractivity contribution in [2.24, 2.45) is 0 Å². The van der Waals surface area contributed by atoms with Crippen LogP contribution in [-0.2, 0) is 0 Å². The fourth-order valence-corrected chi connectivity index (χ4v) is 2.69. The summed E-state index contributed by atoms with van der Waals surface area (Å²) in [4.78, 5) is 14.8. The molecule has 0 spiro atoms. The summed E-state index contributed by atoms with van der Waals surface area (Å²) in [5.74, 6) is 0. The number of halogens is 1. The molecule has 78 valence electrons. The molecule has 16 heavy (non-hydrogen) atoms. The lowest BCUT2D eigenvalue weighted by Gasteiger charge is -1.97. The van der Waals surface area contributed by atoms with Crippen molar-refractivity contribution >= 4 is 33.6 Å². The maximum Gasteiger partial charge on any atom is 0.178 e. The Bertz CT molecular complexity index is 569. The van der Waals surface area contributed by atoms with E-state index < -0.39 is 0 Å². The smallest absolute Gasteiger partial charge is 0.178 e. The van der Waals surface area contributed by atoms with Gasteiger partial charge in [-0.05, 0) is 28.1 Å². The van der Waals surface area contributed by atoms with Gasteiger partial charge in [-0.25, -0.2) is 4.98 Å². The summed E-state index contributed by atoms with van der Waals surface area (Å²) in [6, 6.07) is 9.12. The second-order valence-corrected chi connectivity index (χ2v) is 5.33. The van der Waals surface area contributed by atoms with E-state index in [0.29, 0.717) is 10.6 Å². The van der Waals surface area contributed by atoms with Gasteiger partial charge in [0.2, 0.25) is 0 Å². The lowest BCUT2D eigenvalue weighted by atomic mass is 10.1. The Kier molecular flexibility index (Phi) is 3.13. The van der Waals surface area contributed by atoms with Crippen LogP contribution < -0.4 is 0 Å². The monoisotopic (exact) mass is 292 g/mol. The molecule has 2 rings (SSSR count). The van der Waals surface area contributed by atoms with Gasteiger partial charge in [0.05, 0.1) is 21.1 Å². The maximum atomic E-state index is 10.6. The van der Waals surface area contributed by atoms with Crippen molar-refractivity contribution < 1.29 is 4.79 Å². The van der Waals surface area contributed by atoms with E-state index in [-0.39, 0.29) is 0 Å². The average molecular weight is 293 g/mol. The molecule has 0 radical (unpaired) electrons. The van der Waals surface area contributed by atoms with Gasteiger partial charge in [0.1, 0.15) is 0 Å². The quantitative estimate of drug-likeness (QED) is 0.799. The number of aromatic nitrogens is 1. The molecule has 1 aromatic carbocycles. The van der Waals surface area contributed by atoms with Crippen molar-refractivity contribution in [1.82, 2.24) is 4.98 Å². The average Bonchev–Trinajstić information content (AvgIpc) is 2.71. The molecule has 3 nitrogen and oxygen atoms in total. The molecule has 0 bridgehead atoms. The first-order valence-electron chi connectivity index (χ1n) is 4.36. The third-order valence-electron chi connectivity index (χ3n) is 1.99. The highest BCUT2D eigenvalue weighted by atomic mass is 79.9. The first-order valence-corrected chi connectivity index (χ1v) is 5.97. The molecule has 1 aromatic heterocycles. The Balaban J connectivity index is 2.46. The second kappa shape index (κ2) is 4.56. The van der Waals surface area contributed by atoms with Crippen LogP contribution in [0.5, 0.6) is 0 Å². The minimum absolute atomic E-state index is 0.436. The minimum atomic E-state index is 0.436. The van der Waals surface area contributed by atoms with Gasteiger partial charge >= 0.3 is 0 Å². The van der Waals surface area contributed by atoms with Gasteiger partial charge in [0.25, 0.3) is 0 Å². The van der Waals surface area contributed by atoms with E-state index in [9.17, 15) is 4.79 Å². The van der Waals surface area contributed by atoms with Gasteiger partial charge in [-0.2, -0.15) is 5.26 Å². The molecule has 0 aliphatic carbocycles. The van der Waals surface area contributed by atoms with E-state index in [0.717, 1.165) is 21.3 Å². The van der Waals surface area contributed by atoms with Crippen LogP contribution in [0, 0.1) is 11.3 Å². The Morgan fingerprint density at radius 1 is 1.38 bits per heavy atom. The number of aldehydes is 1. The molecule has 0 atom stereocenters. The van der Waals surface area contributed by atoms with Crippen LogP contribution in [0.2, 0.25) is 0 Å². The normalized spacial score (nSPS) is 9.75. The van der Waals surface area contributed by atoms with E-state index in [1.807, 2.05) is 12.1 Å². The van der Waals surface area contributed by atoms with Crippen molar-refractivity contribution in [3.63, 3.8) is 0 Å². The highest BCUT2D eigenvalue weighted by Crippen LogP contribution is 2.32. The summed E-state index contributed by atoms with van der Waals surface area (Å²) in [5.41, 5.74) is 2.22. The van der Waals surface area contributed by atoms with Crippen LogP contribution in [0.4, 0.5) is 0 Å². The number of carbonyl (C=O) groups excluding carboxylic acids is 1. The lowest BCUT2D eigenvalue weighted by molar-refractivity contribution is 0.112. The Morgan fingerprint density at radius 2 is 2.06 bits per heavy atom. The van der Waals surface area contributed by atoms with E-state index >= 15 is 0 Å². The molecule has 0 fully saturated rings. The predicted octanol–water partition coefficient (Wildman–Crippen LogP) is 3.26. The maximum absolute atomic E-state index is 10.6. The fraction of sp³-hybridized carbons (Fsp3) is 0. The van der Waals surface area contributed by atoms with Gasteiger partial charge in [-0.3, -0.25) is 4.79 Å². The number of thiazole rings is 1.